The Hall–Kier alpha value is -1.66. The lowest BCUT2D eigenvalue weighted by Crippen LogP contribution is -2.45. The highest BCUT2D eigenvalue weighted by Gasteiger charge is 2.16. The largest absolute Gasteiger partial charge is 0.350 e. The van der Waals surface area contributed by atoms with Gasteiger partial charge in [0.05, 0.1) is 4.92 Å². The number of non-ortho nitro benzene ring substituents is 1. The molecule has 0 aliphatic carbocycles. The number of rotatable bonds is 4. The van der Waals surface area contributed by atoms with Crippen molar-refractivity contribution in [2.24, 2.45) is 5.73 Å². The minimum absolute atomic E-state index is 0. The maximum Gasteiger partial charge on any atom is 0.270 e. The summed E-state index contributed by atoms with van der Waals surface area (Å²) in [5, 5.41) is 13.3. The summed E-state index contributed by atoms with van der Waals surface area (Å²) in [6, 6.07) is 4.28. The lowest BCUT2D eigenvalue weighted by Gasteiger charge is -2.18. The second kappa shape index (κ2) is 6.49. The molecule has 0 saturated carbocycles. The zero-order chi connectivity index (χ0) is 13.9. The fourth-order valence-electron chi connectivity index (χ4n) is 1.41. The molecule has 0 bridgehead atoms. The van der Waals surface area contributed by atoms with Crippen molar-refractivity contribution in [2.45, 2.75) is 26.3 Å². The summed E-state index contributed by atoms with van der Waals surface area (Å²) in [7, 11) is 0. The van der Waals surface area contributed by atoms with Crippen LogP contribution < -0.4 is 11.1 Å². The molecule has 0 radical (unpaired) electrons. The number of amides is 1. The van der Waals surface area contributed by atoms with Crippen LogP contribution in [0.3, 0.4) is 0 Å². The van der Waals surface area contributed by atoms with Gasteiger partial charge in [-0.15, -0.1) is 12.4 Å². The molecule has 1 aromatic rings. The van der Waals surface area contributed by atoms with E-state index in [4.69, 9.17) is 5.73 Å². The third-order valence-electron chi connectivity index (χ3n) is 2.24. The summed E-state index contributed by atoms with van der Waals surface area (Å²) < 4.78 is 0. The molecule has 0 spiro atoms. The normalized spacial score (nSPS) is 10.5. The number of nitrogens with zero attached hydrogens (tertiary/aromatic N) is 1. The van der Waals surface area contributed by atoms with E-state index in [2.05, 4.69) is 5.32 Å². The number of carbonyl (C=O) groups excluding carboxylic acids is 1. The minimum Gasteiger partial charge on any atom is -0.350 e. The van der Waals surface area contributed by atoms with Crippen LogP contribution in [0.2, 0.25) is 0 Å². The van der Waals surface area contributed by atoms with Crippen LogP contribution in [0.25, 0.3) is 0 Å². The molecule has 1 amide bonds. The molecule has 0 aliphatic heterocycles. The Bertz CT molecular complexity index is 484. The predicted molar refractivity (Wildman–Crippen MR) is 75.7 cm³/mol. The van der Waals surface area contributed by atoms with Gasteiger partial charge in [0.15, 0.2) is 0 Å². The van der Waals surface area contributed by atoms with Gasteiger partial charge in [-0.25, -0.2) is 0 Å². The highest BCUT2D eigenvalue weighted by Crippen LogP contribution is 2.16. The van der Waals surface area contributed by atoms with Gasteiger partial charge >= 0.3 is 0 Å². The molecule has 0 heterocycles. The van der Waals surface area contributed by atoms with Crippen LogP contribution >= 0.6 is 12.4 Å². The van der Waals surface area contributed by atoms with Gasteiger partial charge in [0, 0.05) is 29.8 Å². The van der Waals surface area contributed by atoms with Gasteiger partial charge in [0.1, 0.15) is 0 Å². The van der Waals surface area contributed by atoms with E-state index >= 15 is 0 Å². The molecular weight excluding hydrogens is 270 g/mol. The minimum atomic E-state index is -0.522. The third kappa shape index (κ3) is 5.67. The molecule has 6 nitrogen and oxygen atoms in total. The number of carbonyl (C=O) groups is 1. The zero-order valence-corrected chi connectivity index (χ0v) is 11.9. The topological polar surface area (TPSA) is 98.3 Å². The first-order valence-electron chi connectivity index (χ1n) is 5.52. The van der Waals surface area contributed by atoms with Crippen molar-refractivity contribution < 1.29 is 9.72 Å². The van der Waals surface area contributed by atoms with Crippen molar-refractivity contribution in [3.05, 3.63) is 39.4 Å². The summed E-state index contributed by atoms with van der Waals surface area (Å²) in [6.45, 7) is 5.57. The molecule has 0 atom stereocenters. The summed E-state index contributed by atoms with van der Waals surface area (Å²) in [4.78, 5) is 22.0. The Kier molecular flexibility index (Phi) is 5.92. The Morgan fingerprint density at radius 2 is 2.00 bits per heavy atom. The van der Waals surface area contributed by atoms with E-state index in [1.165, 1.54) is 12.1 Å². The van der Waals surface area contributed by atoms with Crippen molar-refractivity contribution in [1.29, 1.82) is 0 Å². The number of hydrogen-bond acceptors (Lipinski definition) is 4. The summed E-state index contributed by atoms with van der Waals surface area (Å²) in [6.07, 6.45) is 0. The highest BCUT2D eigenvalue weighted by molar-refractivity contribution is 5.95. The average Bonchev–Trinajstić information content (AvgIpc) is 2.23. The van der Waals surface area contributed by atoms with E-state index < -0.39 is 10.5 Å². The molecule has 0 unspecified atom stereocenters. The first kappa shape index (κ1) is 17.3. The van der Waals surface area contributed by atoms with Crippen molar-refractivity contribution in [1.82, 2.24) is 5.32 Å². The third-order valence-corrected chi connectivity index (χ3v) is 2.24. The van der Waals surface area contributed by atoms with Crippen LogP contribution in [0.4, 0.5) is 5.69 Å². The van der Waals surface area contributed by atoms with Crippen molar-refractivity contribution in [2.75, 3.05) is 6.54 Å². The predicted octanol–water partition coefficient (Wildman–Crippen LogP) is 1.79. The Balaban J connectivity index is 0.00000324. The molecule has 0 aromatic heterocycles. The Morgan fingerprint density at radius 1 is 1.42 bits per heavy atom. The number of nitrogens with one attached hydrogen (secondary N) is 1. The van der Waals surface area contributed by atoms with Crippen LogP contribution in [0, 0.1) is 17.0 Å². The van der Waals surface area contributed by atoms with Crippen molar-refractivity contribution in [3.63, 3.8) is 0 Å². The van der Waals surface area contributed by atoms with Gasteiger partial charge < -0.3 is 11.1 Å². The quantitative estimate of drug-likeness (QED) is 0.651. The Morgan fingerprint density at radius 3 is 2.47 bits per heavy atom. The maximum atomic E-state index is 11.8. The van der Waals surface area contributed by atoms with E-state index in [-0.39, 0.29) is 29.6 Å². The SMILES string of the molecule is Cc1cc(C(=O)NCC(C)(C)N)cc([N+](=O)[O-])c1.Cl. The van der Waals surface area contributed by atoms with Crippen LogP contribution in [-0.2, 0) is 0 Å². The molecule has 0 aliphatic rings. The lowest BCUT2D eigenvalue weighted by atomic mass is 10.1. The molecule has 3 N–H and O–H groups in total. The van der Waals surface area contributed by atoms with Crippen LogP contribution in [0.1, 0.15) is 29.8 Å². The van der Waals surface area contributed by atoms with Crippen LogP contribution in [0.5, 0.6) is 0 Å². The van der Waals surface area contributed by atoms with Gasteiger partial charge in [0.25, 0.3) is 11.6 Å². The van der Waals surface area contributed by atoms with E-state index in [0.29, 0.717) is 12.1 Å². The van der Waals surface area contributed by atoms with E-state index in [1.807, 2.05) is 0 Å². The molecule has 7 heteroatoms. The number of nitro benzene ring substituents is 1. The van der Waals surface area contributed by atoms with E-state index in [1.54, 1.807) is 26.8 Å². The zero-order valence-electron chi connectivity index (χ0n) is 11.1. The number of halogens is 1. The smallest absolute Gasteiger partial charge is 0.270 e. The van der Waals surface area contributed by atoms with Gasteiger partial charge in [-0.1, -0.05) is 0 Å². The monoisotopic (exact) mass is 287 g/mol. The highest BCUT2D eigenvalue weighted by atomic mass is 35.5. The number of nitrogens with two attached hydrogens (primary N) is 1. The first-order valence-corrected chi connectivity index (χ1v) is 5.52. The lowest BCUT2D eigenvalue weighted by molar-refractivity contribution is -0.384. The molecule has 19 heavy (non-hydrogen) atoms. The standard InChI is InChI=1S/C12H17N3O3.ClH/c1-8-4-9(6-10(5-8)15(17)18)11(16)14-7-12(2,3)13;/h4-6H,7,13H2,1-3H3,(H,14,16);1H. The molecule has 0 fully saturated rings. The van der Waals surface area contributed by atoms with E-state index in [0.717, 1.165) is 0 Å². The van der Waals surface area contributed by atoms with Gasteiger partial charge in [-0.05, 0) is 32.4 Å². The summed E-state index contributed by atoms with van der Waals surface area (Å²) in [5.74, 6) is -0.361. The van der Waals surface area contributed by atoms with E-state index in [9.17, 15) is 14.9 Å². The fourth-order valence-corrected chi connectivity index (χ4v) is 1.41. The molecular formula is C12H18ClN3O3. The Labute approximate surface area is 117 Å². The molecule has 1 rings (SSSR count). The second-order valence-corrected chi connectivity index (χ2v) is 4.99. The average molecular weight is 288 g/mol. The number of aryl methyl sites for hydroxylation is 1. The maximum absolute atomic E-state index is 11.8. The molecule has 1 aromatic carbocycles. The van der Waals surface area contributed by atoms with Crippen LogP contribution in [-0.4, -0.2) is 22.9 Å². The first-order chi connectivity index (χ1) is 8.19. The van der Waals surface area contributed by atoms with Crippen molar-refractivity contribution >= 4 is 24.0 Å². The van der Waals surface area contributed by atoms with Gasteiger partial charge in [0.2, 0.25) is 0 Å². The number of hydrogen-bond donors (Lipinski definition) is 2. The summed E-state index contributed by atoms with van der Waals surface area (Å²) in [5.41, 5.74) is 6.07. The fraction of sp³-hybridized carbons (Fsp3) is 0.417. The second-order valence-electron chi connectivity index (χ2n) is 4.99. The van der Waals surface area contributed by atoms with Crippen molar-refractivity contribution in [3.8, 4) is 0 Å². The number of nitro groups is 1. The molecule has 0 saturated heterocycles. The number of benzene rings is 1. The van der Waals surface area contributed by atoms with Gasteiger partial charge in [-0.3, -0.25) is 14.9 Å². The summed E-state index contributed by atoms with van der Waals surface area (Å²) >= 11 is 0. The van der Waals surface area contributed by atoms with Gasteiger partial charge in [-0.2, -0.15) is 0 Å². The van der Waals surface area contributed by atoms with Crippen LogP contribution in [0.15, 0.2) is 18.2 Å². The molecule has 106 valence electrons.